The Hall–Kier alpha value is -3.37. The Morgan fingerprint density at radius 3 is 2.38 bits per heavy atom. The molecule has 2 aromatic heterocycles. The monoisotopic (exact) mass is 448 g/mol. The van der Waals surface area contributed by atoms with Crippen LogP contribution >= 0.6 is 0 Å². The molecule has 170 valence electrons. The first-order valence-corrected chi connectivity index (χ1v) is 10.3. The molecule has 0 unspecified atom stereocenters. The first-order valence-electron chi connectivity index (χ1n) is 10.3. The second-order valence-electron chi connectivity index (χ2n) is 7.81. The van der Waals surface area contributed by atoms with Gasteiger partial charge in [-0.15, -0.1) is 5.10 Å². The average molecular weight is 448 g/mol. The number of aromatic nitrogens is 4. The fourth-order valence-electron chi connectivity index (χ4n) is 3.91. The van der Waals surface area contributed by atoms with E-state index in [1.54, 1.807) is 17.5 Å². The number of piperazine rings is 1. The van der Waals surface area contributed by atoms with Gasteiger partial charge in [-0.3, -0.25) is 4.79 Å². The van der Waals surface area contributed by atoms with Crippen LogP contribution in [0.15, 0.2) is 18.2 Å². The van der Waals surface area contributed by atoms with Crippen LogP contribution in [-0.4, -0.2) is 61.7 Å². The van der Waals surface area contributed by atoms with Gasteiger partial charge < -0.3 is 14.9 Å². The highest BCUT2D eigenvalue weighted by Gasteiger charge is 2.32. The van der Waals surface area contributed by atoms with Gasteiger partial charge in [0.1, 0.15) is 5.75 Å². The van der Waals surface area contributed by atoms with Crippen LogP contribution in [0.5, 0.6) is 5.75 Å². The van der Waals surface area contributed by atoms with Crippen molar-refractivity contribution < 1.29 is 23.1 Å². The van der Waals surface area contributed by atoms with Crippen molar-refractivity contribution in [3.05, 3.63) is 35.0 Å². The zero-order valence-electron chi connectivity index (χ0n) is 17.9. The van der Waals surface area contributed by atoms with E-state index in [4.69, 9.17) is 0 Å². The number of phenolic OH excluding ortho intramolecular Hbond substituents is 1. The summed E-state index contributed by atoms with van der Waals surface area (Å²) in [7, 11) is 0. The molecular weight excluding hydrogens is 425 g/mol. The van der Waals surface area contributed by atoms with Crippen LogP contribution in [0, 0.1) is 13.8 Å². The topological polar surface area (TPSA) is 86.9 Å². The van der Waals surface area contributed by atoms with Gasteiger partial charge in [0.2, 0.25) is 11.9 Å². The second kappa shape index (κ2) is 7.95. The third-order valence-corrected chi connectivity index (χ3v) is 5.59. The Kier molecular flexibility index (Phi) is 5.43. The van der Waals surface area contributed by atoms with Gasteiger partial charge in [0, 0.05) is 43.9 Å². The SMILES string of the molecule is CCC(=O)N1CCN(c2nc3nc(-c4c(C)cc(C(F)(F)F)cc4O)cc(C)n3n2)CC1. The number of benzene rings is 1. The van der Waals surface area contributed by atoms with Gasteiger partial charge in [-0.05, 0) is 37.6 Å². The molecule has 0 bridgehead atoms. The second-order valence-corrected chi connectivity index (χ2v) is 7.81. The minimum Gasteiger partial charge on any atom is -0.507 e. The molecule has 1 saturated heterocycles. The lowest BCUT2D eigenvalue weighted by atomic mass is 10.00. The molecule has 0 saturated carbocycles. The lowest BCUT2D eigenvalue weighted by molar-refractivity contribution is -0.137. The number of hydrogen-bond donors (Lipinski definition) is 1. The molecule has 1 fully saturated rings. The number of alkyl halides is 3. The molecule has 1 aliphatic rings. The maximum absolute atomic E-state index is 13.0. The molecule has 3 heterocycles. The normalized spacial score (nSPS) is 14.9. The summed E-state index contributed by atoms with van der Waals surface area (Å²) in [5.74, 6) is 0.363. The third-order valence-electron chi connectivity index (χ3n) is 5.59. The summed E-state index contributed by atoms with van der Waals surface area (Å²) in [6, 6.07) is 3.34. The van der Waals surface area contributed by atoms with Gasteiger partial charge in [-0.25, -0.2) is 4.98 Å². The minimum absolute atomic E-state index is 0.112. The number of amides is 1. The van der Waals surface area contributed by atoms with E-state index < -0.39 is 17.5 Å². The van der Waals surface area contributed by atoms with Crippen molar-refractivity contribution in [2.24, 2.45) is 0 Å². The number of hydrogen-bond acceptors (Lipinski definition) is 6. The van der Waals surface area contributed by atoms with Gasteiger partial charge in [0.05, 0.1) is 11.3 Å². The molecule has 0 aliphatic carbocycles. The zero-order valence-corrected chi connectivity index (χ0v) is 17.9. The number of anilines is 1. The number of rotatable bonds is 3. The van der Waals surface area contributed by atoms with Crippen molar-refractivity contribution in [3.63, 3.8) is 0 Å². The van der Waals surface area contributed by atoms with Gasteiger partial charge >= 0.3 is 6.18 Å². The summed E-state index contributed by atoms with van der Waals surface area (Å²) in [6.07, 6.45) is -4.09. The third kappa shape index (κ3) is 3.94. The Balaban J connectivity index is 1.67. The highest BCUT2D eigenvalue weighted by atomic mass is 19.4. The minimum atomic E-state index is -4.55. The van der Waals surface area contributed by atoms with Gasteiger partial charge in [-0.1, -0.05) is 6.92 Å². The summed E-state index contributed by atoms with van der Waals surface area (Å²) in [5.41, 5.74) is 0.544. The first-order chi connectivity index (χ1) is 15.1. The van der Waals surface area contributed by atoms with E-state index in [-0.39, 0.29) is 22.8 Å². The average Bonchev–Trinajstić information content (AvgIpc) is 3.17. The molecule has 4 rings (SSSR count). The number of phenols is 1. The Labute approximate surface area is 182 Å². The Morgan fingerprint density at radius 2 is 1.78 bits per heavy atom. The summed E-state index contributed by atoms with van der Waals surface area (Å²) in [6.45, 7) is 7.46. The first kappa shape index (κ1) is 21.8. The zero-order chi connectivity index (χ0) is 23.2. The predicted octanol–water partition coefficient (Wildman–Crippen LogP) is 3.19. The van der Waals surface area contributed by atoms with Crippen LogP contribution in [-0.2, 0) is 11.0 Å². The predicted molar refractivity (Wildman–Crippen MR) is 111 cm³/mol. The number of nitrogens with zero attached hydrogens (tertiary/aromatic N) is 6. The molecule has 1 amide bonds. The van der Waals surface area contributed by atoms with Crippen LogP contribution in [0.2, 0.25) is 0 Å². The smallest absolute Gasteiger partial charge is 0.416 e. The summed E-state index contributed by atoms with van der Waals surface area (Å²) >= 11 is 0. The summed E-state index contributed by atoms with van der Waals surface area (Å²) in [4.78, 5) is 24.6. The van der Waals surface area contributed by atoms with Gasteiger partial charge in [-0.2, -0.15) is 22.7 Å². The van der Waals surface area contributed by atoms with Crippen LogP contribution < -0.4 is 4.90 Å². The van der Waals surface area contributed by atoms with Crippen molar-refractivity contribution in [3.8, 4) is 17.0 Å². The molecule has 0 spiro atoms. The van der Waals surface area contributed by atoms with E-state index in [0.29, 0.717) is 56.0 Å². The van der Waals surface area contributed by atoms with E-state index >= 15 is 0 Å². The maximum Gasteiger partial charge on any atom is 0.416 e. The lowest BCUT2D eigenvalue weighted by Crippen LogP contribution is -2.49. The molecule has 32 heavy (non-hydrogen) atoms. The molecule has 1 N–H and O–H groups in total. The van der Waals surface area contributed by atoms with Crippen molar-refractivity contribution in [1.82, 2.24) is 24.5 Å². The van der Waals surface area contributed by atoms with E-state index in [1.807, 2.05) is 16.7 Å². The molecule has 0 radical (unpaired) electrons. The number of fused-ring (bicyclic) bond motifs is 1. The number of carbonyl (C=O) groups excluding carboxylic acids is 1. The highest BCUT2D eigenvalue weighted by molar-refractivity contribution is 5.76. The van der Waals surface area contributed by atoms with Crippen LogP contribution in [0.1, 0.15) is 30.2 Å². The molecular formula is C21H23F3N6O2. The van der Waals surface area contributed by atoms with E-state index in [9.17, 15) is 23.1 Å². The van der Waals surface area contributed by atoms with E-state index in [0.717, 1.165) is 6.07 Å². The number of aromatic hydroxyl groups is 1. The van der Waals surface area contributed by atoms with Crippen molar-refractivity contribution in [2.45, 2.75) is 33.4 Å². The Morgan fingerprint density at radius 1 is 1.09 bits per heavy atom. The molecule has 8 nitrogen and oxygen atoms in total. The number of carbonyl (C=O) groups is 1. The fraction of sp³-hybridized carbons (Fsp3) is 0.429. The summed E-state index contributed by atoms with van der Waals surface area (Å²) in [5, 5.41) is 14.8. The van der Waals surface area contributed by atoms with E-state index in [2.05, 4.69) is 15.1 Å². The largest absolute Gasteiger partial charge is 0.507 e. The highest BCUT2D eigenvalue weighted by Crippen LogP contribution is 2.38. The lowest BCUT2D eigenvalue weighted by Gasteiger charge is -2.33. The molecule has 1 aliphatic heterocycles. The van der Waals surface area contributed by atoms with Crippen molar-refractivity contribution >= 4 is 17.6 Å². The maximum atomic E-state index is 13.0. The van der Waals surface area contributed by atoms with Gasteiger partial charge in [0.25, 0.3) is 5.78 Å². The van der Waals surface area contributed by atoms with E-state index in [1.165, 1.54) is 6.92 Å². The van der Waals surface area contributed by atoms with Crippen LogP contribution in [0.4, 0.5) is 19.1 Å². The Bertz CT molecular complexity index is 1160. The molecule has 11 heteroatoms. The number of halogens is 3. The standard InChI is InChI=1S/C21H23F3N6O2/c1-4-17(32)28-5-7-29(8-6-28)20-26-19-25-15(10-13(3)30(19)27-20)18-12(2)9-14(11-16(18)31)21(22,23)24/h9-11,31H,4-8H2,1-3H3. The van der Waals surface area contributed by atoms with Crippen molar-refractivity contribution in [1.29, 1.82) is 0 Å². The fourth-order valence-corrected chi connectivity index (χ4v) is 3.91. The van der Waals surface area contributed by atoms with Crippen LogP contribution in [0.25, 0.3) is 17.0 Å². The van der Waals surface area contributed by atoms with Crippen molar-refractivity contribution in [2.75, 3.05) is 31.1 Å². The number of aryl methyl sites for hydroxylation is 2. The molecule has 0 atom stereocenters. The van der Waals surface area contributed by atoms with Crippen LogP contribution in [0.3, 0.4) is 0 Å². The molecule has 1 aromatic carbocycles. The molecule has 3 aromatic rings. The quantitative estimate of drug-likeness (QED) is 0.662. The summed E-state index contributed by atoms with van der Waals surface area (Å²) < 4.78 is 40.7. The van der Waals surface area contributed by atoms with Gasteiger partial charge in [0.15, 0.2) is 0 Å².